The van der Waals surface area contributed by atoms with Crippen LogP contribution in [0.25, 0.3) is 0 Å². The minimum atomic E-state index is -0.489. The first-order valence-corrected chi connectivity index (χ1v) is 10.5. The second kappa shape index (κ2) is 10.7. The quantitative estimate of drug-likeness (QED) is 0.649. The molecule has 1 fully saturated rings. The van der Waals surface area contributed by atoms with Crippen molar-refractivity contribution in [1.82, 2.24) is 0 Å². The number of ether oxygens (including phenoxy) is 3. The van der Waals surface area contributed by atoms with Gasteiger partial charge in [0.05, 0.1) is 20.6 Å². The Bertz CT molecular complexity index is 889. The first-order chi connectivity index (χ1) is 15.0. The zero-order valence-corrected chi connectivity index (χ0v) is 18.3. The summed E-state index contributed by atoms with van der Waals surface area (Å²) in [5.41, 5.74) is 2.55. The Morgan fingerprint density at radius 1 is 1.00 bits per heavy atom. The molecule has 0 aromatic heterocycles. The number of hydrogen-bond donors (Lipinski definition) is 1. The number of amides is 1. The smallest absolute Gasteiger partial charge is 0.310 e. The standard InChI is InChI=1S/C24H30N2O5/c1-17-10-12-26(13-11-17)20-7-5-19(6-8-20)25-23(27)16-31-24(28)15-18-4-9-21(29-2)22(14-18)30-3/h4-9,14,17H,10-13,15-16H2,1-3H3,(H,25,27). The number of rotatable bonds is 8. The number of piperidine rings is 1. The van der Waals surface area contributed by atoms with Gasteiger partial charge < -0.3 is 24.4 Å². The highest BCUT2D eigenvalue weighted by atomic mass is 16.5. The van der Waals surface area contributed by atoms with Gasteiger partial charge in [0.25, 0.3) is 5.91 Å². The van der Waals surface area contributed by atoms with Gasteiger partial charge in [-0.2, -0.15) is 0 Å². The van der Waals surface area contributed by atoms with Crippen molar-refractivity contribution < 1.29 is 23.8 Å². The number of esters is 1. The summed E-state index contributed by atoms with van der Waals surface area (Å²) in [5, 5.41) is 2.76. The highest BCUT2D eigenvalue weighted by Gasteiger charge is 2.16. The third kappa shape index (κ3) is 6.38. The number of benzene rings is 2. The van der Waals surface area contributed by atoms with Crippen LogP contribution in [-0.2, 0) is 20.7 Å². The zero-order valence-electron chi connectivity index (χ0n) is 18.3. The van der Waals surface area contributed by atoms with Crippen molar-refractivity contribution in [2.75, 3.05) is 44.1 Å². The fourth-order valence-electron chi connectivity index (χ4n) is 3.57. The van der Waals surface area contributed by atoms with E-state index < -0.39 is 5.97 Å². The van der Waals surface area contributed by atoms with E-state index in [1.807, 2.05) is 24.3 Å². The first kappa shape index (κ1) is 22.5. The summed E-state index contributed by atoms with van der Waals surface area (Å²) in [6.45, 7) is 4.07. The van der Waals surface area contributed by atoms with Crippen LogP contribution in [0.15, 0.2) is 42.5 Å². The first-order valence-electron chi connectivity index (χ1n) is 10.5. The van der Waals surface area contributed by atoms with Gasteiger partial charge in [-0.3, -0.25) is 9.59 Å². The monoisotopic (exact) mass is 426 g/mol. The Labute approximate surface area is 183 Å². The van der Waals surface area contributed by atoms with Crippen LogP contribution in [0, 0.1) is 5.92 Å². The van der Waals surface area contributed by atoms with E-state index in [0.29, 0.717) is 22.7 Å². The van der Waals surface area contributed by atoms with Crippen LogP contribution in [-0.4, -0.2) is 45.8 Å². The third-order valence-corrected chi connectivity index (χ3v) is 5.46. The van der Waals surface area contributed by atoms with E-state index in [2.05, 4.69) is 17.1 Å². The number of carbonyl (C=O) groups excluding carboxylic acids is 2. The molecule has 0 aliphatic carbocycles. The van der Waals surface area contributed by atoms with Crippen molar-refractivity contribution in [1.29, 1.82) is 0 Å². The van der Waals surface area contributed by atoms with Crippen molar-refractivity contribution in [2.45, 2.75) is 26.2 Å². The van der Waals surface area contributed by atoms with Crippen LogP contribution < -0.4 is 19.7 Å². The largest absolute Gasteiger partial charge is 0.493 e. The molecule has 7 heteroatoms. The van der Waals surface area contributed by atoms with Gasteiger partial charge in [0, 0.05) is 24.5 Å². The summed E-state index contributed by atoms with van der Waals surface area (Å²) in [6.07, 6.45) is 2.44. The molecule has 1 amide bonds. The van der Waals surface area contributed by atoms with Crippen LogP contribution in [0.3, 0.4) is 0 Å². The highest BCUT2D eigenvalue weighted by Crippen LogP contribution is 2.28. The Balaban J connectivity index is 1.45. The van der Waals surface area contributed by atoms with Crippen molar-refractivity contribution in [3.05, 3.63) is 48.0 Å². The molecule has 0 bridgehead atoms. The minimum Gasteiger partial charge on any atom is -0.493 e. The summed E-state index contributed by atoms with van der Waals surface area (Å²) >= 11 is 0. The van der Waals surface area contributed by atoms with Crippen LogP contribution in [0.4, 0.5) is 11.4 Å². The maximum absolute atomic E-state index is 12.1. The number of carbonyl (C=O) groups is 2. The predicted octanol–water partition coefficient (Wildman–Crippen LogP) is 3.66. The molecule has 31 heavy (non-hydrogen) atoms. The normalized spacial score (nSPS) is 14.1. The molecule has 2 aromatic rings. The van der Waals surface area contributed by atoms with Crippen molar-refractivity contribution >= 4 is 23.3 Å². The molecule has 3 rings (SSSR count). The predicted molar refractivity (Wildman–Crippen MR) is 120 cm³/mol. The van der Waals surface area contributed by atoms with Gasteiger partial charge in [-0.1, -0.05) is 13.0 Å². The molecule has 0 radical (unpaired) electrons. The van der Waals surface area contributed by atoms with Gasteiger partial charge in [0.15, 0.2) is 18.1 Å². The number of nitrogens with zero attached hydrogens (tertiary/aromatic N) is 1. The van der Waals surface area contributed by atoms with Crippen molar-refractivity contribution in [3.8, 4) is 11.5 Å². The zero-order chi connectivity index (χ0) is 22.2. The molecular formula is C24H30N2O5. The van der Waals surface area contributed by atoms with E-state index in [1.165, 1.54) is 20.0 Å². The van der Waals surface area contributed by atoms with Gasteiger partial charge in [0.1, 0.15) is 0 Å². The molecule has 1 aliphatic heterocycles. The number of hydrogen-bond acceptors (Lipinski definition) is 6. The summed E-state index contributed by atoms with van der Waals surface area (Å²) in [5.74, 6) is 1.04. The van der Waals surface area contributed by atoms with Gasteiger partial charge in [0.2, 0.25) is 0 Å². The average molecular weight is 427 g/mol. The van der Waals surface area contributed by atoms with Crippen LogP contribution in [0.2, 0.25) is 0 Å². The molecule has 1 aliphatic rings. The van der Waals surface area contributed by atoms with Crippen LogP contribution in [0.1, 0.15) is 25.3 Å². The lowest BCUT2D eigenvalue weighted by Gasteiger charge is -2.32. The van der Waals surface area contributed by atoms with E-state index in [1.54, 1.807) is 25.3 Å². The molecule has 0 spiro atoms. The van der Waals surface area contributed by atoms with E-state index in [-0.39, 0.29) is 18.9 Å². The minimum absolute atomic E-state index is 0.0385. The van der Waals surface area contributed by atoms with Crippen molar-refractivity contribution in [2.24, 2.45) is 5.92 Å². The van der Waals surface area contributed by atoms with Gasteiger partial charge >= 0.3 is 5.97 Å². The molecule has 7 nitrogen and oxygen atoms in total. The van der Waals surface area contributed by atoms with Crippen LogP contribution in [0.5, 0.6) is 11.5 Å². The van der Waals surface area contributed by atoms with Gasteiger partial charge in [-0.15, -0.1) is 0 Å². The molecule has 2 aromatic carbocycles. The Kier molecular flexibility index (Phi) is 7.76. The van der Waals surface area contributed by atoms with Gasteiger partial charge in [-0.05, 0) is 60.7 Å². The Morgan fingerprint density at radius 2 is 1.68 bits per heavy atom. The molecule has 1 heterocycles. The second-order valence-corrected chi connectivity index (χ2v) is 7.79. The average Bonchev–Trinajstić information content (AvgIpc) is 2.78. The lowest BCUT2D eigenvalue weighted by atomic mass is 9.99. The molecule has 166 valence electrons. The third-order valence-electron chi connectivity index (χ3n) is 5.46. The maximum atomic E-state index is 12.1. The summed E-state index contributed by atoms with van der Waals surface area (Å²) in [7, 11) is 3.08. The maximum Gasteiger partial charge on any atom is 0.310 e. The SMILES string of the molecule is COc1ccc(CC(=O)OCC(=O)Nc2ccc(N3CCC(C)CC3)cc2)cc1OC. The Hall–Kier alpha value is -3.22. The van der Waals surface area contributed by atoms with E-state index in [0.717, 1.165) is 24.7 Å². The van der Waals surface area contributed by atoms with Crippen LogP contribution >= 0.6 is 0 Å². The fourth-order valence-corrected chi connectivity index (χ4v) is 3.57. The molecule has 1 saturated heterocycles. The highest BCUT2D eigenvalue weighted by molar-refractivity contribution is 5.93. The van der Waals surface area contributed by atoms with E-state index in [4.69, 9.17) is 14.2 Å². The molecule has 0 atom stereocenters. The number of anilines is 2. The molecule has 1 N–H and O–H groups in total. The Morgan fingerprint density at radius 3 is 2.32 bits per heavy atom. The lowest BCUT2D eigenvalue weighted by Crippen LogP contribution is -2.32. The second-order valence-electron chi connectivity index (χ2n) is 7.79. The topological polar surface area (TPSA) is 77.1 Å². The lowest BCUT2D eigenvalue weighted by molar-refractivity contribution is -0.146. The molecule has 0 saturated carbocycles. The van der Waals surface area contributed by atoms with Crippen molar-refractivity contribution in [3.63, 3.8) is 0 Å². The number of nitrogens with one attached hydrogen (secondary N) is 1. The van der Waals surface area contributed by atoms with E-state index >= 15 is 0 Å². The molecule has 0 unspecified atom stereocenters. The fraction of sp³-hybridized carbons (Fsp3) is 0.417. The number of methoxy groups -OCH3 is 2. The molecular weight excluding hydrogens is 396 g/mol. The summed E-state index contributed by atoms with van der Waals surface area (Å²) in [4.78, 5) is 26.6. The summed E-state index contributed by atoms with van der Waals surface area (Å²) in [6, 6.07) is 13.0. The van der Waals surface area contributed by atoms with E-state index in [9.17, 15) is 9.59 Å². The summed E-state index contributed by atoms with van der Waals surface area (Å²) < 4.78 is 15.5. The van der Waals surface area contributed by atoms with Gasteiger partial charge in [-0.25, -0.2) is 0 Å².